The number of nitrogen functional groups attached to an aromatic ring is 1. The minimum Gasteiger partial charge on any atom is -0.353 e. The Balaban J connectivity index is 2.21. The van der Waals surface area contributed by atoms with Gasteiger partial charge in [0.15, 0.2) is 5.82 Å². The second-order valence-corrected chi connectivity index (χ2v) is 3.62. The SMILES string of the molecule is NNc1ncccc1C(=O)N1CCNC(=O)C1. The van der Waals surface area contributed by atoms with Gasteiger partial charge in [0.25, 0.3) is 5.91 Å². The summed E-state index contributed by atoms with van der Waals surface area (Å²) in [5.74, 6) is 5.19. The molecule has 2 amide bonds. The molecular weight excluding hydrogens is 222 g/mol. The second kappa shape index (κ2) is 4.79. The number of hydrazine groups is 1. The summed E-state index contributed by atoms with van der Waals surface area (Å²) in [6.45, 7) is 1.03. The summed E-state index contributed by atoms with van der Waals surface area (Å²) in [4.78, 5) is 28.8. The van der Waals surface area contributed by atoms with E-state index in [0.717, 1.165) is 0 Å². The second-order valence-electron chi connectivity index (χ2n) is 3.62. The van der Waals surface area contributed by atoms with Gasteiger partial charge in [-0.05, 0) is 12.1 Å². The number of amides is 2. The van der Waals surface area contributed by atoms with E-state index in [0.29, 0.717) is 24.5 Å². The number of carbonyl (C=O) groups excluding carboxylic acids is 2. The van der Waals surface area contributed by atoms with Crippen LogP contribution in [0.5, 0.6) is 0 Å². The van der Waals surface area contributed by atoms with E-state index in [4.69, 9.17) is 5.84 Å². The number of aromatic nitrogens is 1. The van der Waals surface area contributed by atoms with Gasteiger partial charge in [-0.1, -0.05) is 0 Å². The number of nitrogens with two attached hydrogens (primary N) is 1. The predicted octanol–water partition coefficient (Wildman–Crippen LogP) is -1.06. The highest BCUT2D eigenvalue weighted by Crippen LogP contribution is 2.13. The Labute approximate surface area is 98.0 Å². The summed E-state index contributed by atoms with van der Waals surface area (Å²) in [6.07, 6.45) is 1.54. The van der Waals surface area contributed by atoms with Gasteiger partial charge in [-0.25, -0.2) is 10.8 Å². The normalized spacial score (nSPS) is 15.4. The van der Waals surface area contributed by atoms with Crippen molar-refractivity contribution in [2.75, 3.05) is 25.1 Å². The first kappa shape index (κ1) is 11.3. The molecule has 0 saturated carbocycles. The van der Waals surface area contributed by atoms with E-state index in [1.54, 1.807) is 12.1 Å². The van der Waals surface area contributed by atoms with Crippen molar-refractivity contribution < 1.29 is 9.59 Å². The Morgan fingerprint density at radius 3 is 3.12 bits per heavy atom. The van der Waals surface area contributed by atoms with E-state index in [9.17, 15) is 9.59 Å². The van der Waals surface area contributed by atoms with Crippen LogP contribution >= 0.6 is 0 Å². The minimum absolute atomic E-state index is 0.0672. The summed E-state index contributed by atoms with van der Waals surface area (Å²) in [5, 5.41) is 2.66. The van der Waals surface area contributed by atoms with Crippen LogP contribution in [0.4, 0.5) is 5.82 Å². The molecule has 1 aromatic rings. The third-order valence-corrected chi connectivity index (χ3v) is 2.50. The number of rotatable bonds is 2. The number of carbonyl (C=O) groups is 2. The topological polar surface area (TPSA) is 100 Å². The molecular formula is C10H13N5O2. The van der Waals surface area contributed by atoms with E-state index < -0.39 is 0 Å². The van der Waals surface area contributed by atoms with Gasteiger partial charge in [0.2, 0.25) is 5.91 Å². The lowest BCUT2D eigenvalue weighted by Gasteiger charge is -2.27. The maximum atomic E-state index is 12.1. The lowest BCUT2D eigenvalue weighted by atomic mass is 10.2. The van der Waals surface area contributed by atoms with Gasteiger partial charge in [-0.15, -0.1) is 0 Å². The Kier molecular flexibility index (Phi) is 3.20. The summed E-state index contributed by atoms with van der Waals surface area (Å²) in [7, 11) is 0. The van der Waals surface area contributed by atoms with E-state index in [1.165, 1.54) is 11.1 Å². The molecule has 1 fully saturated rings. The summed E-state index contributed by atoms with van der Waals surface area (Å²) in [6, 6.07) is 3.27. The van der Waals surface area contributed by atoms with E-state index >= 15 is 0 Å². The monoisotopic (exact) mass is 235 g/mol. The highest BCUT2D eigenvalue weighted by atomic mass is 16.2. The van der Waals surface area contributed by atoms with Crippen LogP contribution in [-0.4, -0.2) is 41.3 Å². The first-order chi connectivity index (χ1) is 8.22. The first-order valence-electron chi connectivity index (χ1n) is 5.20. The van der Waals surface area contributed by atoms with E-state index in [-0.39, 0.29) is 18.4 Å². The third-order valence-electron chi connectivity index (χ3n) is 2.50. The van der Waals surface area contributed by atoms with Crippen LogP contribution in [0.2, 0.25) is 0 Å². The molecule has 0 unspecified atom stereocenters. The average Bonchev–Trinajstić information content (AvgIpc) is 2.38. The molecule has 90 valence electrons. The van der Waals surface area contributed by atoms with Crippen molar-refractivity contribution in [1.29, 1.82) is 0 Å². The Morgan fingerprint density at radius 1 is 1.59 bits per heavy atom. The molecule has 0 aliphatic carbocycles. The zero-order chi connectivity index (χ0) is 12.3. The first-order valence-corrected chi connectivity index (χ1v) is 5.20. The predicted molar refractivity (Wildman–Crippen MR) is 61.0 cm³/mol. The van der Waals surface area contributed by atoms with Gasteiger partial charge >= 0.3 is 0 Å². The molecule has 0 aromatic carbocycles. The molecule has 0 radical (unpaired) electrons. The molecule has 2 heterocycles. The van der Waals surface area contributed by atoms with Crippen LogP contribution in [0.25, 0.3) is 0 Å². The van der Waals surface area contributed by atoms with Crippen molar-refractivity contribution in [3.8, 4) is 0 Å². The van der Waals surface area contributed by atoms with E-state index in [1.807, 2.05) is 0 Å². The van der Waals surface area contributed by atoms with Gasteiger partial charge in [0.05, 0.1) is 12.1 Å². The van der Waals surface area contributed by atoms with Crippen molar-refractivity contribution in [2.45, 2.75) is 0 Å². The van der Waals surface area contributed by atoms with Crippen LogP contribution in [0.3, 0.4) is 0 Å². The van der Waals surface area contributed by atoms with Crippen molar-refractivity contribution in [3.05, 3.63) is 23.9 Å². The van der Waals surface area contributed by atoms with Crippen molar-refractivity contribution in [2.24, 2.45) is 5.84 Å². The third kappa shape index (κ3) is 2.34. The van der Waals surface area contributed by atoms with Crippen LogP contribution in [0.15, 0.2) is 18.3 Å². The number of hydrogen-bond acceptors (Lipinski definition) is 5. The Hall–Kier alpha value is -2.15. The molecule has 0 spiro atoms. The zero-order valence-corrected chi connectivity index (χ0v) is 9.14. The van der Waals surface area contributed by atoms with Crippen molar-refractivity contribution in [3.63, 3.8) is 0 Å². The molecule has 4 N–H and O–H groups in total. The number of anilines is 1. The summed E-state index contributed by atoms with van der Waals surface area (Å²) < 4.78 is 0. The molecule has 7 heteroatoms. The molecule has 7 nitrogen and oxygen atoms in total. The van der Waals surface area contributed by atoms with Crippen LogP contribution in [-0.2, 0) is 4.79 Å². The van der Waals surface area contributed by atoms with Gasteiger partial charge in [-0.3, -0.25) is 9.59 Å². The summed E-state index contributed by atoms with van der Waals surface area (Å²) in [5.41, 5.74) is 2.73. The standard InChI is InChI=1S/C10H13N5O2/c11-14-9-7(2-1-3-13-9)10(17)15-5-4-12-8(16)6-15/h1-3H,4-6,11H2,(H,12,16)(H,13,14). The largest absolute Gasteiger partial charge is 0.353 e. The fourth-order valence-corrected chi connectivity index (χ4v) is 1.68. The minimum atomic E-state index is -0.249. The Morgan fingerprint density at radius 2 is 2.41 bits per heavy atom. The average molecular weight is 235 g/mol. The molecule has 0 atom stereocenters. The number of piperazine rings is 1. The quantitative estimate of drug-likeness (QED) is 0.448. The molecule has 17 heavy (non-hydrogen) atoms. The van der Waals surface area contributed by atoms with Gasteiger partial charge < -0.3 is 15.6 Å². The lowest BCUT2D eigenvalue weighted by molar-refractivity contribution is -0.123. The van der Waals surface area contributed by atoms with Gasteiger partial charge in [-0.2, -0.15) is 0 Å². The number of hydrogen-bond donors (Lipinski definition) is 3. The zero-order valence-electron chi connectivity index (χ0n) is 9.14. The Bertz CT molecular complexity index is 448. The van der Waals surface area contributed by atoms with Gasteiger partial charge in [0.1, 0.15) is 0 Å². The lowest BCUT2D eigenvalue weighted by Crippen LogP contribution is -2.50. The molecule has 1 aliphatic heterocycles. The van der Waals surface area contributed by atoms with Crippen LogP contribution in [0, 0.1) is 0 Å². The van der Waals surface area contributed by atoms with Crippen LogP contribution in [0.1, 0.15) is 10.4 Å². The molecule has 0 bridgehead atoms. The summed E-state index contributed by atoms with van der Waals surface area (Å²) >= 11 is 0. The highest BCUT2D eigenvalue weighted by Gasteiger charge is 2.24. The molecule has 1 aliphatic rings. The fraction of sp³-hybridized carbons (Fsp3) is 0.300. The highest BCUT2D eigenvalue weighted by molar-refractivity contribution is 6.00. The number of nitrogens with one attached hydrogen (secondary N) is 2. The number of nitrogens with zero attached hydrogens (tertiary/aromatic N) is 2. The van der Waals surface area contributed by atoms with Crippen LogP contribution < -0.4 is 16.6 Å². The van der Waals surface area contributed by atoms with Gasteiger partial charge in [0, 0.05) is 19.3 Å². The van der Waals surface area contributed by atoms with E-state index in [2.05, 4.69) is 15.7 Å². The number of pyridine rings is 1. The maximum Gasteiger partial charge on any atom is 0.258 e. The molecule has 1 saturated heterocycles. The van der Waals surface area contributed by atoms with Crippen molar-refractivity contribution in [1.82, 2.24) is 15.2 Å². The fourth-order valence-electron chi connectivity index (χ4n) is 1.68. The maximum absolute atomic E-state index is 12.1. The van der Waals surface area contributed by atoms with Crippen molar-refractivity contribution >= 4 is 17.6 Å². The molecule has 2 rings (SSSR count). The molecule has 1 aromatic heterocycles. The smallest absolute Gasteiger partial charge is 0.258 e.